The maximum atomic E-state index is 13.2. The molecule has 0 aliphatic heterocycles. The number of benzene rings is 3. The third kappa shape index (κ3) is 3.01. The summed E-state index contributed by atoms with van der Waals surface area (Å²) in [6, 6.07) is 25.3. The number of nitrogens with zero attached hydrogens (tertiary/aromatic N) is 2. The van der Waals surface area contributed by atoms with Crippen molar-refractivity contribution in [3.63, 3.8) is 0 Å². The molecular formula is C21H15BrN2O. The summed E-state index contributed by atoms with van der Waals surface area (Å²) in [6.07, 6.45) is 0.603. The van der Waals surface area contributed by atoms with Crippen LogP contribution in [0.25, 0.3) is 11.0 Å². The molecule has 0 saturated heterocycles. The highest BCUT2D eigenvalue weighted by molar-refractivity contribution is 9.10. The van der Waals surface area contributed by atoms with Gasteiger partial charge in [-0.25, -0.2) is 4.98 Å². The molecule has 0 amide bonds. The maximum absolute atomic E-state index is 13.2. The van der Waals surface area contributed by atoms with E-state index in [2.05, 4.69) is 15.9 Å². The molecule has 4 rings (SSSR count). The number of hydrogen-bond acceptors (Lipinski definition) is 2. The van der Waals surface area contributed by atoms with Gasteiger partial charge in [-0.1, -0.05) is 54.6 Å². The van der Waals surface area contributed by atoms with Crippen LogP contribution in [0, 0.1) is 0 Å². The molecule has 3 aromatic carbocycles. The minimum Gasteiger partial charge on any atom is -0.268 e. The number of hydrogen-bond donors (Lipinski definition) is 0. The fourth-order valence-electron chi connectivity index (χ4n) is 2.95. The van der Waals surface area contributed by atoms with E-state index in [4.69, 9.17) is 4.98 Å². The first kappa shape index (κ1) is 15.8. The molecule has 3 nitrogen and oxygen atoms in total. The smallest absolute Gasteiger partial charge is 0.265 e. The summed E-state index contributed by atoms with van der Waals surface area (Å²) < 4.78 is 2.51. The summed E-state index contributed by atoms with van der Waals surface area (Å²) in [6.45, 7) is 0. The highest BCUT2D eigenvalue weighted by Crippen LogP contribution is 2.23. The van der Waals surface area contributed by atoms with Crippen molar-refractivity contribution >= 4 is 32.9 Å². The second-order valence-electron chi connectivity index (χ2n) is 5.80. The first-order valence-corrected chi connectivity index (χ1v) is 8.83. The van der Waals surface area contributed by atoms with Crippen LogP contribution < -0.4 is 0 Å². The molecule has 0 N–H and O–H groups in total. The second kappa shape index (κ2) is 6.65. The fraction of sp³-hybridized carbons (Fsp3) is 0.0476. The van der Waals surface area contributed by atoms with Crippen LogP contribution in [-0.4, -0.2) is 15.5 Å². The lowest BCUT2D eigenvalue weighted by Crippen LogP contribution is -2.16. The average molecular weight is 391 g/mol. The molecule has 0 atom stereocenters. The third-order valence-electron chi connectivity index (χ3n) is 4.14. The van der Waals surface area contributed by atoms with Crippen LogP contribution in [0.1, 0.15) is 21.7 Å². The molecule has 0 spiro atoms. The van der Waals surface area contributed by atoms with Crippen LogP contribution in [-0.2, 0) is 6.42 Å². The molecule has 0 radical (unpaired) electrons. The molecule has 4 aromatic rings. The van der Waals surface area contributed by atoms with Gasteiger partial charge in [-0.3, -0.25) is 9.36 Å². The quantitative estimate of drug-likeness (QED) is 0.488. The Labute approximate surface area is 154 Å². The van der Waals surface area contributed by atoms with E-state index in [1.807, 2.05) is 78.9 Å². The van der Waals surface area contributed by atoms with Crippen LogP contribution in [0.4, 0.5) is 0 Å². The topological polar surface area (TPSA) is 34.9 Å². The van der Waals surface area contributed by atoms with Crippen LogP contribution in [0.15, 0.2) is 83.3 Å². The number of para-hydroxylation sites is 2. The Balaban J connectivity index is 1.88. The molecule has 1 aromatic heterocycles. The molecule has 1 heterocycles. The Kier molecular flexibility index (Phi) is 4.20. The standard InChI is InChI=1S/C21H15BrN2O/c22-17-11-5-4-10-16(17)21(25)24-19-13-7-6-12-18(19)23-20(24)14-15-8-2-1-3-9-15/h1-13H,14H2. The highest BCUT2D eigenvalue weighted by atomic mass is 79.9. The molecule has 0 aliphatic rings. The van der Waals surface area contributed by atoms with E-state index in [0.717, 1.165) is 26.9 Å². The minimum atomic E-state index is -0.0768. The monoisotopic (exact) mass is 390 g/mol. The van der Waals surface area contributed by atoms with Crippen LogP contribution in [0.5, 0.6) is 0 Å². The van der Waals surface area contributed by atoms with Gasteiger partial charge in [-0.2, -0.15) is 0 Å². The summed E-state index contributed by atoms with van der Waals surface area (Å²) in [7, 11) is 0. The molecule has 25 heavy (non-hydrogen) atoms. The Morgan fingerprint density at radius 3 is 2.36 bits per heavy atom. The Morgan fingerprint density at radius 2 is 1.56 bits per heavy atom. The van der Waals surface area contributed by atoms with Crippen molar-refractivity contribution in [1.82, 2.24) is 9.55 Å². The number of imidazole rings is 1. The zero-order chi connectivity index (χ0) is 17.2. The predicted molar refractivity (Wildman–Crippen MR) is 103 cm³/mol. The van der Waals surface area contributed by atoms with E-state index in [0.29, 0.717) is 12.0 Å². The van der Waals surface area contributed by atoms with Gasteiger partial charge in [-0.15, -0.1) is 0 Å². The summed E-state index contributed by atoms with van der Waals surface area (Å²) in [4.78, 5) is 18.0. The zero-order valence-corrected chi connectivity index (χ0v) is 15.0. The molecule has 0 bridgehead atoms. The van der Waals surface area contributed by atoms with E-state index in [9.17, 15) is 4.79 Å². The van der Waals surface area contributed by atoms with Gasteiger partial charge in [-0.05, 0) is 45.8 Å². The number of halogens is 1. The van der Waals surface area contributed by atoms with Crippen LogP contribution in [0.2, 0.25) is 0 Å². The molecule has 0 fully saturated rings. The minimum absolute atomic E-state index is 0.0768. The number of carbonyl (C=O) groups excluding carboxylic acids is 1. The van der Waals surface area contributed by atoms with Crippen LogP contribution >= 0.6 is 15.9 Å². The Morgan fingerprint density at radius 1 is 0.880 bits per heavy atom. The molecule has 0 saturated carbocycles. The van der Waals surface area contributed by atoms with Gasteiger partial charge >= 0.3 is 0 Å². The van der Waals surface area contributed by atoms with Gasteiger partial charge in [0, 0.05) is 10.9 Å². The van der Waals surface area contributed by atoms with E-state index < -0.39 is 0 Å². The molecule has 0 aliphatic carbocycles. The SMILES string of the molecule is O=C(c1ccccc1Br)n1c(Cc2ccccc2)nc2ccccc21. The second-order valence-corrected chi connectivity index (χ2v) is 6.65. The molecule has 122 valence electrons. The largest absolute Gasteiger partial charge is 0.268 e. The maximum Gasteiger partial charge on any atom is 0.265 e. The average Bonchev–Trinajstić information content (AvgIpc) is 3.00. The Bertz CT molecular complexity index is 1050. The first-order chi connectivity index (χ1) is 12.2. The van der Waals surface area contributed by atoms with Crippen molar-refractivity contribution in [2.24, 2.45) is 0 Å². The fourth-order valence-corrected chi connectivity index (χ4v) is 3.41. The van der Waals surface area contributed by atoms with Gasteiger partial charge in [0.15, 0.2) is 0 Å². The van der Waals surface area contributed by atoms with Crippen LogP contribution in [0.3, 0.4) is 0 Å². The van der Waals surface area contributed by atoms with Crippen molar-refractivity contribution in [3.05, 3.63) is 100 Å². The van der Waals surface area contributed by atoms with Crippen molar-refractivity contribution in [2.45, 2.75) is 6.42 Å². The number of carbonyl (C=O) groups is 1. The predicted octanol–water partition coefficient (Wildman–Crippen LogP) is 5.08. The van der Waals surface area contributed by atoms with E-state index in [1.54, 1.807) is 4.57 Å². The van der Waals surface area contributed by atoms with E-state index in [-0.39, 0.29) is 5.91 Å². The third-order valence-corrected chi connectivity index (χ3v) is 4.83. The lowest BCUT2D eigenvalue weighted by molar-refractivity contribution is 0.0961. The molecular weight excluding hydrogens is 376 g/mol. The Hall–Kier alpha value is -2.72. The summed E-state index contributed by atoms with van der Waals surface area (Å²) >= 11 is 3.48. The van der Waals surface area contributed by atoms with Crippen molar-refractivity contribution in [2.75, 3.05) is 0 Å². The zero-order valence-electron chi connectivity index (χ0n) is 13.4. The van der Waals surface area contributed by atoms with Crippen molar-refractivity contribution in [1.29, 1.82) is 0 Å². The summed E-state index contributed by atoms with van der Waals surface area (Å²) in [5, 5.41) is 0. The first-order valence-electron chi connectivity index (χ1n) is 8.03. The number of aromatic nitrogens is 2. The van der Waals surface area contributed by atoms with Gasteiger partial charge < -0.3 is 0 Å². The summed E-state index contributed by atoms with van der Waals surface area (Å²) in [5.74, 6) is 0.667. The van der Waals surface area contributed by atoms with Gasteiger partial charge in [0.05, 0.1) is 16.6 Å². The molecule has 0 unspecified atom stereocenters. The highest BCUT2D eigenvalue weighted by Gasteiger charge is 2.19. The summed E-state index contributed by atoms with van der Waals surface area (Å²) in [5.41, 5.74) is 3.40. The normalized spacial score (nSPS) is 10.9. The molecule has 4 heteroatoms. The van der Waals surface area contributed by atoms with Gasteiger partial charge in [0.25, 0.3) is 5.91 Å². The lowest BCUT2D eigenvalue weighted by Gasteiger charge is -2.09. The lowest BCUT2D eigenvalue weighted by atomic mass is 10.1. The van der Waals surface area contributed by atoms with Gasteiger partial charge in [0.1, 0.15) is 5.82 Å². The van der Waals surface area contributed by atoms with Crippen molar-refractivity contribution in [3.8, 4) is 0 Å². The number of rotatable bonds is 3. The van der Waals surface area contributed by atoms with E-state index >= 15 is 0 Å². The van der Waals surface area contributed by atoms with Gasteiger partial charge in [0.2, 0.25) is 0 Å². The van der Waals surface area contributed by atoms with E-state index in [1.165, 1.54) is 0 Å². The van der Waals surface area contributed by atoms with Crippen molar-refractivity contribution < 1.29 is 4.79 Å². The number of fused-ring (bicyclic) bond motifs is 1.